The molecule has 16 heavy (non-hydrogen) atoms. The number of aromatic nitrogens is 1. The van der Waals surface area contributed by atoms with E-state index in [0.717, 1.165) is 23.5 Å². The van der Waals surface area contributed by atoms with Crippen molar-refractivity contribution in [3.63, 3.8) is 0 Å². The van der Waals surface area contributed by atoms with Crippen LogP contribution in [0.5, 0.6) is 0 Å². The Morgan fingerprint density at radius 1 is 1.38 bits per heavy atom. The molecular weight excluding hydrogens is 200 g/mol. The monoisotopic (exact) mass is 222 g/mol. The van der Waals surface area contributed by atoms with Crippen LogP contribution >= 0.6 is 0 Å². The molecule has 0 bridgehead atoms. The standard InChI is InChI=1S/C13H22N2O/c1-9(2)8-15-10(3)7-12(11(15)4)13(16)14(5)6/h7,9H,8H2,1-6H3. The summed E-state index contributed by atoms with van der Waals surface area (Å²) in [6, 6.07) is 1.99. The highest BCUT2D eigenvalue weighted by Gasteiger charge is 2.17. The molecule has 0 radical (unpaired) electrons. The highest BCUT2D eigenvalue weighted by Crippen LogP contribution is 2.17. The van der Waals surface area contributed by atoms with E-state index in [1.165, 1.54) is 0 Å². The Kier molecular flexibility index (Phi) is 3.79. The van der Waals surface area contributed by atoms with Gasteiger partial charge in [0.25, 0.3) is 5.91 Å². The number of rotatable bonds is 3. The van der Waals surface area contributed by atoms with Crippen molar-refractivity contribution in [3.05, 3.63) is 23.0 Å². The highest BCUT2D eigenvalue weighted by atomic mass is 16.2. The van der Waals surface area contributed by atoms with Gasteiger partial charge in [-0.05, 0) is 25.8 Å². The molecule has 0 fully saturated rings. The van der Waals surface area contributed by atoms with Crippen LogP contribution in [0.3, 0.4) is 0 Å². The van der Waals surface area contributed by atoms with Crippen LogP contribution in [0, 0.1) is 19.8 Å². The SMILES string of the molecule is Cc1cc(C(=O)N(C)C)c(C)n1CC(C)C. The first-order valence-electron chi connectivity index (χ1n) is 5.73. The first-order valence-corrected chi connectivity index (χ1v) is 5.73. The van der Waals surface area contributed by atoms with Crippen molar-refractivity contribution in [1.29, 1.82) is 0 Å². The highest BCUT2D eigenvalue weighted by molar-refractivity contribution is 5.95. The van der Waals surface area contributed by atoms with Crippen LogP contribution in [-0.4, -0.2) is 29.5 Å². The molecule has 90 valence electrons. The Balaban J connectivity index is 3.11. The van der Waals surface area contributed by atoms with Crippen LogP contribution in [0.15, 0.2) is 6.07 Å². The zero-order valence-corrected chi connectivity index (χ0v) is 11.2. The second-order valence-electron chi connectivity index (χ2n) is 4.99. The van der Waals surface area contributed by atoms with Gasteiger partial charge in [0.1, 0.15) is 0 Å². The molecule has 1 aromatic heterocycles. The van der Waals surface area contributed by atoms with Gasteiger partial charge in [-0.25, -0.2) is 0 Å². The van der Waals surface area contributed by atoms with Crippen molar-refractivity contribution in [2.24, 2.45) is 5.92 Å². The largest absolute Gasteiger partial charge is 0.348 e. The molecule has 0 atom stereocenters. The molecule has 3 heteroatoms. The number of carbonyl (C=O) groups excluding carboxylic acids is 1. The molecule has 1 rings (SSSR count). The number of amides is 1. The molecule has 0 aromatic carbocycles. The van der Waals surface area contributed by atoms with Gasteiger partial charge in [0.2, 0.25) is 0 Å². The van der Waals surface area contributed by atoms with E-state index in [4.69, 9.17) is 0 Å². The van der Waals surface area contributed by atoms with Gasteiger partial charge in [0.05, 0.1) is 5.56 Å². The summed E-state index contributed by atoms with van der Waals surface area (Å²) < 4.78 is 2.22. The smallest absolute Gasteiger partial charge is 0.255 e. The van der Waals surface area contributed by atoms with Crippen molar-refractivity contribution in [3.8, 4) is 0 Å². The maximum absolute atomic E-state index is 11.9. The van der Waals surface area contributed by atoms with Crippen molar-refractivity contribution >= 4 is 5.91 Å². The van der Waals surface area contributed by atoms with E-state index in [0.29, 0.717) is 5.92 Å². The molecule has 1 aromatic rings. The molecule has 0 aliphatic carbocycles. The van der Waals surface area contributed by atoms with Crippen LogP contribution in [0.4, 0.5) is 0 Å². The third-order valence-corrected chi connectivity index (χ3v) is 2.76. The first kappa shape index (κ1) is 12.8. The molecule has 0 unspecified atom stereocenters. The third kappa shape index (κ3) is 2.46. The molecule has 1 heterocycles. The van der Waals surface area contributed by atoms with Crippen LogP contribution in [0.25, 0.3) is 0 Å². The van der Waals surface area contributed by atoms with Gasteiger partial charge >= 0.3 is 0 Å². The van der Waals surface area contributed by atoms with Crippen LogP contribution < -0.4 is 0 Å². The maximum Gasteiger partial charge on any atom is 0.255 e. The lowest BCUT2D eigenvalue weighted by Crippen LogP contribution is -2.22. The lowest BCUT2D eigenvalue weighted by molar-refractivity contribution is 0.0826. The summed E-state index contributed by atoms with van der Waals surface area (Å²) >= 11 is 0. The molecule has 0 N–H and O–H groups in total. The van der Waals surface area contributed by atoms with Gasteiger partial charge in [-0.1, -0.05) is 13.8 Å². The number of hydrogen-bond donors (Lipinski definition) is 0. The van der Waals surface area contributed by atoms with Gasteiger partial charge in [-0.3, -0.25) is 4.79 Å². The summed E-state index contributed by atoms with van der Waals surface area (Å²) in [6.07, 6.45) is 0. The van der Waals surface area contributed by atoms with Crippen molar-refractivity contribution in [2.75, 3.05) is 14.1 Å². The zero-order chi connectivity index (χ0) is 12.5. The van der Waals surface area contributed by atoms with Crippen LogP contribution in [0.1, 0.15) is 35.6 Å². The van der Waals surface area contributed by atoms with E-state index < -0.39 is 0 Å². The van der Waals surface area contributed by atoms with Crippen LogP contribution in [0.2, 0.25) is 0 Å². The second kappa shape index (κ2) is 4.73. The van der Waals surface area contributed by atoms with Gasteiger partial charge in [-0.2, -0.15) is 0 Å². The van der Waals surface area contributed by atoms with Gasteiger partial charge in [-0.15, -0.1) is 0 Å². The fraction of sp³-hybridized carbons (Fsp3) is 0.615. The Bertz CT molecular complexity index is 389. The summed E-state index contributed by atoms with van der Waals surface area (Å²) in [4.78, 5) is 13.6. The fourth-order valence-corrected chi connectivity index (χ4v) is 1.90. The first-order chi connectivity index (χ1) is 7.34. The topological polar surface area (TPSA) is 25.2 Å². The van der Waals surface area contributed by atoms with Crippen molar-refractivity contribution < 1.29 is 4.79 Å². The lowest BCUT2D eigenvalue weighted by atomic mass is 10.2. The maximum atomic E-state index is 11.9. The van der Waals surface area contributed by atoms with Crippen molar-refractivity contribution in [1.82, 2.24) is 9.47 Å². The zero-order valence-electron chi connectivity index (χ0n) is 11.2. The summed E-state index contributed by atoms with van der Waals surface area (Å²) in [6.45, 7) is 9.42. The molecule has 0 aliphatic rings. The molecule has 1 amide bonds. The summed E-state index contributed by atoms with van der Waals surface area (Å²) in [5.41, 5.74) is 3.06. The minimum atomic E-state index is 0.0862. The van der Waals surface area contributed by atoms with E-state index in [2.05, 4.69) is 25.3 Å². The molecule has 0 spiro atoms. The van der Waals surface area contributed by atoms with Gasteiger partial charge in [0, 0.05) is 32.0 Å². The van der Waals surface area contributed by atoms with Crippen LogP contribution in [-0.2, 0) is 6.54 Å². The third-order valence-electron chi connectivity index (χ3n) is 2.76. The summed E-state index contributed by atoms with van der Waals surface area (Å²) in [7, 11) is 3.58. The number of nitrogens with zero attached hydrogens (tertiary/aromatic N) is 2. The normalized spacial score (nSPS) is 10.9. The Morgan fingerprint density at radius 2 is 1.94 bits per heavy atom. The van der Waals surface area contributed by atoms with E-state index in [9.17, 15) is 4.79 Å². The number of carbonyl (C=O) groups is 1. The molecule has 3 nitrogen and oxygen atoms in total. The predicted molar refractivity (Wildman–Crippen MR) is 66.8 cm³/mol. The average Bonchev–Trinajstić information content (AvgIpc) is 2.44. The molecular formula is C13H22N2O. The number of hydrogen-bond acceptors (Lipinski definition) is 1. The Hall–Kier alpha value is -1.25. The Labute approximate surface area is 98.1 Å². The quantitative estimate of drug-likeness (QED) is 0.771. The average molecular weight is 222 g/mol. The Morgan fingerprint density at radius 3 is 2.38 bits per heavy atom. The van der Waals surface area contributed by atoms with E-state index in [1.807, 2.05) is 13.0 Å². The number of aryl methyl sites for hydroxylation is 1. The van der Waals surface area contributed by atoms with E-state index in [1.54, 1.807) is 19.0 Å². The van der Waals surface area contributed by atoms with Gasteiger partial charge in [0.15, 0.2) is 0 Å². The molecule has 0 saturated heterocycles. The van der Waals surface area contributed by atoms with E-state index >= 15 is 0 Å². The minimum Gasteiger partial charge on any atom is -0.348 e. The molecule has 0 saturated carbocycles. The fourth-order valence-electron chi connectivity index (χ4n) is 1.90. The second-order valence-corrected chi connectivity index (χ2v) is 4.99. The van der Waals surface area contributed by atoms with E-state index in [-0.39, 0.29) is 5.91 Å². The summed E-state index contributed by atoms with van der Waals surface area (Å²) in [5.74, 6) is 0.676. The van der Waals surface area contributed by atoms with Crippen molar-refractivity contribution in [2.45, 2.75) is 34.2 Å². The lowest BCUT2D eigenvalue weighted by Gasteiger charge is -2.13. The summed E-state index contributed by atoms with van der Waals surface area (Å²) in [5, 5.41) is 0. The predicted octanol–water partition coefficient (Wildman–Crippen LogP) is 2.46. The van der Waals surface area contributed by atoms with Gasteiger partial charge < -0.3 is 9.47 Å². The molecule has 0 aliphatic heterocycles. The minimum absolute atomic E-state index is 0.0862.